The minimum Gasteiger partial charge on any atom is -0.385 e. The van der Waals surface area contributed by atoms with Crippen LogP contribution in [0.3, 0.4) is 0 Å². The van der Waals surface area contributed by atoms with Gasteiger partial charge in [0, 0.05) is 18.7 Å². The Morgan fingerprint density at radius 2 is 1.59 bits per heavy atom. The van der Waals surface area contributed by atoms with Crippen LogP contribution >= 0.6 is 0 Å². The predicted molar refractivity (Wildman–Crippen MR) is 95.3 cm³/mol. The van der Waals surface area contributed by atoms with Crippen molar-refractivity contribution in [3.05, 3.63) is 60.7 Å². The van der Waals surface area contributed by atoms with E-state index in [1.165, 1.54) is 0 Å². The summed E-state index contributed by atoms with van der Waals surface area (Å²) in [6, 6.07) is 9.10. The van der Waals surface area contributed by atoms with E-state index in [-0.39, 0.29) is 6.42 Å². The number of nitro groups is 3. The number of aliphatic hydroxyl groups is 3. The fraction of sp³-hybridized carbons (Fsp3) is 0.533. The van der Waals surface area contributed by atoms with Crippen LogP contribution < -0.4 is 5.32 Å². The molecular formula is C15H20N4O10. The summed E-state index contributed by atoms with van der Waals surface area (Å²) in [6.45, 7) is 0.483. The topological polar surface area (TPSA) is 219 Å². The summed E-state index contributed by atoms with van der Waals surface area (Å²) in [5.41, 5.74) is -8.15. The number of ketones is 1. The Balaban J connectivity index is 2.76. The fourth-order valence-corrected chi connectivity index (χ4v) is 2.54. The predicted octanol–water partition coefficient (Wildman–Crippen LogP) is -0.246. The molecule has 0 saturated heterocycles. The summed E-state index contributed by atoms with van der Waals surface area (Å²) in [5.74, 6) is -1.83. The first-order chi connectivity index (χ1) is 13.5. The van der Waals surface area contributed by atoms with Crippen molar-refractivity contribution in [3.8, 4) is 0 Å². The van der Waals surface area contributed by atoms with E-state index < -0.39 is 44.7 Å². The second kappa shape index (κ2) is 9.81. The highest BCUT2D eigenvalue weighted by Crippen LogP contribution is 2.31. The molecule has 14 heteroatoms. The van der Waals surface area contributed by atoms with Crippen LogP contribution in [0.15, 0.2) is 30.3 Å². The van der Waals surface area contributed by atoms with E-state index in [1.807, 2.05) is 30.3 Å². The number of benzene rings is 1. The molecule has 0 aliphatic rings. The molecule has 0 bridgehead atoms. The molecule has 0 radical (unpaired) electrons. The van der Waals surface area contributed by atoms with E-state index in [4.69, 9.17) is 0 Å². The summed E-state index contributed by atoms with van der Waals surface area (Å²) in [5, 5.41) is 65.0. The smallest absolute Gasteiger partial charge is 0.385 e. The average Bonchev–Trinajstić information content (AvgIpc) is 2.68. The molecule has 0 spiro atoms. The van der Waals surface area contributed by atoms with E-state index in [1.54, 1.807) is 0 Å². The van der Waals surface area contributed by atoms with Gasteiger partial charge in [-0.15, -0.1) is 0 Å². The number of unbranched alkanes of at least 4 members (excludes halogenated alkanes) is 2. The highest BCUT2D eigenvalue weighted by Gasteiger charge is 2.83. The van der Waals surface area contributed by atoms with E-state index in [0.29, 0.717) is 19.4 Å². The summed E-state index contributed by atoms with van der Waals surface area (Å²) in [7, 11) is 0. The van der Waals surface area contributed by atoms with Gasteiger partial charge in [-0.2, -0.15) is 0 Å². The van der Waals surface area contributed by atoms with Gasteiger partial charge < -0.3 is 20.6 Å². The van der Waals surface area contributed by atoms with Crippen molar-refractivity contribution < 1.29 is 34.9 Å². The first-order valence-electron chi connectivity index (χ1n) is 8.37. The number of para-hydroxylation sites is 1. The maximum absolute atomic E-state index is 12.1. The number of Topliss-reactive ketones (excluding diaryl/α,β-unsaturated/α-hetero) is 1. The first kappa shape index (κ1) is 23.8. The Labute approximate surface area is 163 Å². The second-order valence-corrected chi connectivity index (χ2v) is 6.10. The van der Waals surface area contributed by atoms with E-state index in [0.717, 1.165) is 5.69 Å². The highest BCUT2D eigenvalue weighted by molar-refractivity contribution is 5.86. The molecule has 160 valence electrons. The SMILES string of the molecule is O=C(CCCCCNc1ccccc1)C(O)([N+](=O)[O-])[C@@](O)(C(O)[N+](=O)[O-])[N+](=O)[O-]. The summed E-state index contributed by atoms with van der Waals surface area (Å²) in [6.07, 6.45) is -3.66. The molecular weight excluding hydrogens is 396 g/mol. The Morgan fingerprint density at radius 1 is 1.00 bits per heavy atom. The van der Waals surface area contributed by atoms with Crippen molar-refractivity contribution >= 4 is 11.5 Å². The molecule has 0 fully saturated rings. The lowest BCUT2D eigenvalue weighted by atomic mass is 9.91. The largest absolute Gasteiger partial charge is 0.519 e. The van der Waals surface area contributed by atoms with Gasteiger partial charge in [0.2, 0.25) is 5.78 Å². The van der Waals surface area contributed by atoms with E-state index >= 15 is 0 Å². The van der Waals surface area contributed by atoms with Gasteiger partial charge in [0.15, 0.2) is 0 Å². The number of anilines is 1. The van der Waals surface area contributed by atoms with Gasteiger partial charge in [-0.25, -0.2) is 0 Å². The van der Waals surface area contributed by atoms with Gasteiger partial charge >= 0.3 is 17.7 Å². The first-order valence-corrected chi connectivity index (χ1v) is 8.37. The lowest BCUT2D eigenvalue weighted by molar-refractivity contribution is -0.794. The standard InChI is InChI=1S/C15H20N4O10/c20-12(9-5-2-6-10-16-11-7-3-1-4-8-11)14(22,18(26)27)15(23,19(28)29)13(21)17(24)25/h1,3-4,7-8,13,16,21-23H,2,5-6,9-10H2/t13?,14?,15-/m0/s1. The van der Waals surface area contributed by atoms with Gasteiger partial charge in [-0.05, 0) is 25.0 Å². The van der Waals surface area contributed by atoms with Crippen LogP contribution in [0.25, 0.3) is 0 Å². The average molecular weight is 416 g/mol. The van der Waals surface area contributed by atoms with E-state index in [2.05, 4.69) is 5.32 Å². The zero-order valence-corrected chi connectivity index (χ0v) is 15.0. The summed E-state index contributed by atoms with van der Waals surface area (Å²) in [4.78, 5) is 39.2. The molecule has 1 aromatic rings. The van der Waals surface area contributed by atoms with Crippen molar-refractivity contribution in [3.63, 3.8) is 0 Å². The Kier molecular flexibility index (Phi) is 8.05. The molecule has 0 aromatic heterocycles. The van der Waals surface area contributed by atoms with Crippen LogP contribution in [0.4, 0.5) is 5.69 Å². The minimum absolute atomic E-state index is 0.0617. The summed E-state index contributed by atoms with van der Waals surface area (Å²) < 4.78 is 0. The number of hydrogen-bond donors (Lipinski definition) is 4. The van der Waals surface area contributed by atoms with Crippen LogP contribution in [0.5, 0.6) is 0 Å². The second-order valence-electron chi connectivity index (χ2n) is 6.10. The fourth-order valence-electron chi connectivity index (χ4n) is 2.54. The monoisotopic (exact) mass is 416 g/mol. The lowest BCUT2D eigenvalue weighted by Crippen LogP contribution is -2.74. The number of carbonyl (C=O) groups excluding carboxylic acids is 1. The zero-order valence-electron chi connectivity index (χ0n) is 15.0. The van der Waals surface area contributed by atoms with Crippen molar-refractivity contribution in [2.24, 2.45) is 0 Å². The number of nitrogens with zero attached hydrogens (tertiary/aromatic N) is 3. The van der Waals surface area contributed by atoms with Crippen LogP contribution in [0.1, 0.15) is 25.7 Å². The van der Waals surface area contributed by atoms with Crippen LogP contribution in [0.2, 0.25) is 0 Å². The number of aliphatic hydroxyl groups excluding tert-OH is 1. The van der Waals surface area contributed by atoms with Crippen LogP contribution in [-0.2, 0) is 4.79 Å². The van der Waals surface area contributed by atoms with Crippen LogP contribution in [0, 0.1) is 30.3 Å². The van der Waals surface area contributed by atoms with Gasteiger partial charge in [-0.3, -0.25) is 35.1 Å². The lowest BCUT2D eigenvalue weighted by Gasteiger charge is -2.26. The molecule has 0 saturated carbocycles. The number of carbonyl (C=O) groups is 1. The quantitative estimate of drug-likeness (QED) is 0.142. The van der Waals surface area contributed by atoms with Gasteiger partial charge in [0.1, 0.15) is 0 Å². The molecule has 2 unspecified atom stereocenters. The molecule has 14 nitrogen and oxygen atoms in total. The zero-order chi connectivity index (χ0) is 22.2. The van der Waals surface area contributed by atoms with Gasteiger partial charge in [-0.1, -0.05) is 24.6 Å². The maximum Gasteiger partial charge on any atom is 0.519 e. The Hall–Kier alpha value is -3.23. The van der Waals surface area contributed by atoms with Crippen molar-refractivity contribution in [2.75, 3.05) is 11.9 Å². The Morgan fingerprint density at radius 3 is 2.07 bits per heavy atom. The Bertz CT molecular complexity index is 761. The third kappa shape index (κ3) is 4.98. The van der Waals surface area contributed by atoms with Gasteiger partial charge in [0.05, 0.1) is 14.8 Å². The maximum atomic E-state index is 12.1. The molecule has 3 atom stereocenters. The molecule has 0 amide bonds. The van der Waals surface area contributed by atoms with Crippen molar-refractivity contribution in [1.29, 1.82) is 0 Å². The molecule has 1 rings (SSSR count). The minimum atomic E-state index is -4.58. The molecule has 0 aliphatic carbocycles. The number of nitrogens with one attached hydrogen (secondary N) is 1. The van der Waals surface area contributed by atoms with Crippen molar-refractivity contribution in [2.45, 2.75) is 43.4 Å². The van der Waals surface area contributed by atoms with Crippen molar-refractivity contribution in [1.82, 2.24) is 0 Å². The molecule has 29 heavy (non-hydrogen) atoms. The van der Waals surface area contributed by atoms with E-state index in [9.17, 15) is 50.5 Å². The normalized spacial score (nSPS) is 16.1. The molecule has 0 heterocycles. The molecule has 4 N–H and O–H groups in total. The third-order valence-corrected chi connectivity index (χ3v) is 4.19. The highest BCUT2D eigenvalue weighted by atomic mass is 16.7. The molecule has 0 aliphatic heterocycles. The third-order valence-electron chi connectivity index (χ3n) is 4.19. The van der Waals surface area contributed by atoms with Gasteiger partial charge in [0.25, 0.3) is 0 Å². The number of hydrogen-bond acceptors (Lipinski definition) is 11. The summed E-state index contributed by atoms with van der Waals surface area (Å²) >= 11 is 0. The molecule has 1 aromatic carbocycles. The van der Waals surface area contributed by atoms with Crippen LogP contribution in [-0.4, -0.2) is 60.1 Å². The number of rotatable bonds is 13.